The highest BCUT2D eigenvalue weighted by molar-refractivity contribution is 7.52. The number of aromatic amines is 1. The van der Waals surface area contributed by atoms with Gasteiger partial charge in [0, 0.05) is 0 Å². The van der Waals surface area contributed by atoms with Gasteiger partial charge in [-0.3, -0.25) is 33.0 Å². The van der Waals surface area contributed by atoms with E-state index in [1.54, 1.807) is 84.9 Å². The fourth-order valence-corrected chi connectivity index (χ4v) is 8.51. The third-order valence-electron chi connectivity index (χ3n) is 8.60. The zero-order valence-corrected chi connectivity index (χ0v) is 35.4. The lowest BCUT2D eigenvalue weighted by Crippen LogP contribution is -2.37. The van der Waals surface area contributed by atoms with Gasteiger partial charge < -0.3 is 29.0 Å². The molecular weight excluding hydrogens is 844 g/mol. The van der Waals surface area contributed by atoms with Crippen LogP contribution in [0.25, 0.3) is 11.2 Å². The first-order valence-electron chi connectivity index (χ1n) is 19.1. The largest absolute Gasteiger partial charge is 0.460 e. The second kappa shape index (κ2) is 21.6. The van der Waals surface area contributed by atoms with Gasteiger partial charge in [-0.15, -0.1) is 0 Å². The first-order chi connectivity index (χ1) is 29.9. The van der Waals surface area contributed by atoms with Crippen LogP contribution in [-0.4, -0.2) is 62.9 Å². The van der Waals surface area contributed by atoms with E-state index in [0.717, 1.165) is 11.1 Å². The van der Waals surface area contributed by atoms with Gasteiger partial charge in [-0.05, 0) is 49.2 Å². The Morgan fingerprint density at radius 2 is 1.15 bits per heavy atom. The van der Waals surface area contributed by atoms with Crippen molar-refractivity contribution in [3.05, 3.63) is 149 Å². The van der Waals surface area contributed by atoms with Crippen LogP contribution >= 0.6 is 15.5 Å². The lowest BCUT2D eigenvalue weighted by atomic mass is 10.2. The van der Waals surface area contributed by atoms with Gasteiger partial charge in [0.2, 0.25) is 5.95 Å². The third-order valence-corrected chi connectivity index (χ3v) is 11.9. The number of nitrogens with two attached hydrogens (primary N) is 1. The number of ether oxygens (including phenoxy) is 3. The Morgan fingerprint density at radius 1 is 0.710 bits per heavy atom. The highest BCUT2D eigenvalue weighted by atomic mass is 31.2. The number of para-hydroxylation sites is 2. The molecule has 21 heteroatoms. The molecule has 5 N–H and O–H groups in total. The van der Waals surface area contributed by atoms with Crippen LogP contribution in [0.5, 0.6) is 11.5 Å². The molecule has 0 spiro atoms. The van der Waals surface area contributed by atoms with Crippen molar-refractivity contribution in [1.29, 1.82) is 0 Å². The van der Waals surface area contributed by atoms with Crippen molar-refractivity contribution in [1.82, 2.24) is 29.7 Å². The molecule has 0 bridgehead atoms. The molecule has 6 aromatic rings. The molecule has 0 fully saturated rings. The summed E-state index contributed by atoms with van der Waals surface area (Å²) in [5, 5.41) is 5.25. The molecule has 62 heavy (non-hydrogen) atoms. The number of carbonyl (C=O) groups excluding carboxylic acids is 2. The van der Waals surface area contributed by atoms with E-state index in [1.807, 2.05) is 12.1 Å². The fraction of sp³-hybridized carbons (Fsp3) is 0.244. The summed E-state index contributed by atoms with van der Waals surface area (Å²) in [7, 11) is -8.96. The number of nitrogens with zero attached hydrogens (tertiary/aromatic N) is 3. The average molecular weight is 890 g/mol. The summed E-state index contributed by atoms with van der Waals surface area (Å²) >= 11 is 0. The quantitative estimate of drug-likeness (QED) is 0.0432. The number of rotatable bonds is 23. The molecule has 0 aliphatic heterocycles. The first kappa shape index (κ1) is 45.4. The third kappa shape index (κ3) is 13.4. The summed E-state index contributed by atoms with van der Waals surface area (Å²) in [5.41, 5.74) is 6.73. The Labute approximate surface area is 356 Å². The molecule has 4 atom stereocenters. The van der Waals surface area contributed by atoms with Gasteiger partial charge in [0.1, 0.15) is 49.6 Å². The van der Waals surface area contributed by atoms with Gasteiger partial charge in [-0.2, -0.15) is 15.2 Å². The highest BCUT2D eigenvalue weighted by Crippen LogP contribution is 2.47. The molecule has 2 aromatic heterocycles. The van der Waals surface area contributed by atoms with E-state index in [-0.39, 0.29) is 48.6 Å². The second-order valence-electron chi connectivity index (χ2n) is 13.5. The number of fused-ring (bicyclic) bond motifs is 1. The maximum absolute atomic E-state index is 14.5. The van der Waals surface area contributed by atoms with Crippen molar-refractivity contribution in [2.75, 3.05) is 18.9 Å². The molecule has 0 saturated heterocycles. The normalized spacial score (nSPS) is 14.7. The lowest BCUT2D eigenvalue weighted by molar-refractivity contribution is -0.147. The minimum absolute atomic E-state index is 0.0250. The molecule has 2 heterocycles. The van der Waals surface area contributed by atoms with Crippen molar-refractivity contribution in [3.8, 4) is 11.5 Å². The number of aromatic nitrogens is 4. The van der Waals surface area contributed by atoms with Crippen LogP contribution in [-0.2, 0) is 61.9 Å². The van der Waals surface area contributed by atoms with E-state index in [0.29, 0.717) is 0 Å². The maximum atomic E-state index is 14.5. The van der Waals surface area contributed by atoms with E-state index in [4.69, 9.17) is 38.0 Å². The standard InChI is InChI=1S/C41H45N7O12P2/c1-29(39(50)54-23-31-15-7-3-8-16-31)46-61(52,59-33-19-11-5-12-20-33)57-25-35(56-28-48-27-43-36-37(48)44-41(42)45-38(36)49)26-58-62(53,60-34-21-13-6-14-22-34)47-30(2)40(51)55-24-32-17-9-4-10-18-32/h3-22,27,29-30,35H,23-26,28H2,1-2H3,(H,46,52)(H,47,53)(H3,42,44,45,49)/t29-,30-,35?,61?,62?/m0/s1. The average Bonchev–Trinajstić information content (AvgIpc) is 3.68. The molecular formula is C41H45N7O12P2. The molecule has 326 valence electrons. The Bertz CT molecular complexity index is 2410. The Balaban J connectivity index is 1.22. The predicted molar refractivity (Wildman–Crippen MR) is 226 cm³/mol. The van der Waals surface area contributed by atoms with Crippen molar-refractivity contribution in [2.24, 2.45) is 0 Å². The number of H-pyrrole nitrogens is 1. The van der Waals surface area contributed by atoms with Crippen molar-refractivity contribution in [2.45, 2.75) is 52.0 Å². The summed E-state index contributed by atoms with van der Waals surface area (Å²) in [6.45, 7) is 1.23. The molecule has 0 amide bonds. The zero-order chi connectivity index (χ0) is 44.0. The van der Waals surface area contributed by atoms with Crippen molar-refractivity contribution >= 4 is 44.5 Å². The number of nitrogens with one attached hydrogen (secondary N) is 3. The minimum Gasteiger partial charge on any atom is -0.460 e. The number of nitrogen functional groups attached to an aromatic ring is 1. The number of anilines is 1. The topological polar surface area (TPSA) is 247 Å². The Hall–Kier alpha value is -6.17. The number of hydrogen-bond acceptors (Lipinski definition) is 15. The van der Waals surface area contributed by atoms with Gasteiger partial charge in [0.15, 0.2) is 11.2 Å². The number of benzene rings is 4. The second-order valence-corrected chi connectivity index (χ2v) is 16.9. The molecule has 4 aromatic carbocycles. The van der Waals surface area contributed by atoms with E-state index < -0.39 is 64.4 Å². The summed E-state index contributed by atoms with van der Waals surface area (Å²) in [4.78, 5) is 49.3. The molecule has 19 nitrogen and oxygen atoms in total. The van der Waals surface area contributed by atoms with Crippen LogP contribution in [0.15, 0.2) is 132 Å². The minimum atomic E-state index is -4.48. The van der Waals surface area contributed by atoms with Crippen molar-refractivity contribution < 1.29 is 51.0 Å². The van der Waals surface area contributed by atoms with Crippen LogP contribution in [0.3, 0.4) is 0 Å². The number of esters is 2. The lowest BCUT2D eigenvalue weighted by Gasteiger charge is -2.27. The smallest absolute Gasteiger partial charge is 0.459 e. The molecule has 0 aliphatic rings. The first-order valence-corrected chi connectivity index (χ1v) is 22.2. The van der Waals surface area contributed by atoms with Crippen LogP contribution in [0.1, 0.15) is 25.0 Å². The Kier molecular flexibility index (Phi) is 15.8. The summed E-state index contributed by atoms with van der Waals surface area (Å²) in [5.74, 6) is -1.39. The van der Waals surface area contributed by atoms with Gasteiger partial charge in [-0.1, -0.05) is 97.1 Å². The molecule has 2 unspecified atom stereocenters. The summed E-state index contributed by atoms with van der Waals surface area (Å²) in [6.07, 6.45) is 0.0171. The zero-order valence-electron chi connectivity index (χ0n) is 33.6. The van der Waals surface area contributed by atoms with E-state index in [1.165, 1.54) is 49.0 Å². The monoisotopic (exact) mass is 889 g/mol. The molecule has 0 radical (unpaired) electrons. The number of hydrogen-bond donors (Lipinski definition) is 4. The van der Waals surface area contributed by atoms with E-state index >= 15 is 0 Å². The molecule has 0 aliphatic carbocycles. The van der Waals surface area contributed by atoms with Gasteiger partial charge in [0.25, 0.3) is 5.56 Å². The Morgan fingerprint density at radius 3 is 1.60 bits per heavy atom. The van der Waals surface area contributed by atoms with Crippen LogP contribution in [0.2, 0.25) is 0 Å². The SMILES string of the molecule is C[C@H](NP(=O)(OCC(COP(=O)(N[C@@H](C)C(=O)OCc1ccccc1)Oc1ccccc1)OCn1cnc2c(=O)[nH]c(N)nc21)Oc1ccccc1)C(=O)OCc1ccccc1. The highest BCUT2D eigenvalue weighted by Gasteiger charge is 2.36. The van der Waals surface area contributed by atoms with Gasteiger partial charge in [-0.25, -0.2) is 14.1 Å². The van der Waals surface area contributed by atoms with Crippen LogP contribution in [0.4, 0.5) is 5.95 Å². The van der Waals surface area contributed by atoms with Gasteiger partial charge in [0.05, 0.1) is 19.5 Å². The van der Waals surface area contributed by atoms with E-state index in [9.17, 15) is 23.5 Å². The van der Waals surface area contributed by atoms with Crippen LogP contribution < -0.4 is 30.5 Å². The maximum Gasteiger partial charge on any atom is 0.459 e. The van der Waals surface area contributed by atoms with Crippen LogP contribution in [0, 0.1) is 0 Å². The summed E-state index contributed by atoms with van der Waals surface area (Å²) < 4.78 is 70.9. The predicted octanol–water partition coefficient (Wildman–Crippen LogP) is 5.89. The summed E-state index contributed by atoms with van der Waals surface area (Å²) in [6, 6.07) is 31.8. The molecule has 0 saturated carbocycles. The number of carbonyl (C=O) groups is 2. The number of imidazole rings is 1. The molecule has 6 rings (SSSR count). The van der Waals surface area contributed by atoms with Crippen molar-refractivity contribution in [3.63, 3.8) is 0 Å². The van der Waals surface area contributed by atoms with E-state index in [2.05, 4.69) is 25.1 Å². The van der Waals surface area contributed by atoms with Gasteiger partial charge >= 0.3 is 27.4 Å². The fourth-order valence-electron chi connectivity index (χ4n) is 5.47.